The molecule has 2 amide bonds. The first-order valence-electron chi connectivity index (χ1n) is 11.1. The Morgan fingerprint density at radius 2 is 1.67 bits per heavy atom. The number of rotatable bonds is 10. The summed E-state index contributed by atoms with van der Waals surface area (Å²) in [6.45, 7) is 0.749. The lowest BCUT2D eigenvalue weighted by Crippen LogP contribution is -2.39. The SMILES string of the molecule is COC(CCNC(=O)OCC1c2ccccc2-c2ccccc21)C(=O)NC[C@H]1C[C@H]1C(=O)O. The van der Waals surface area contributed by atoms with Crippen LogP contribution in [-0.4, -0.2) is 56.0 Å². The van der Waals surface area contributed by atoms with Gasteiger partial charge in [0.05, 0.1) is 5.92 Å². The summed E-state index contributed by atoms with van der Waals surface area (Å²) in [7, 11) is 1.43. The zero-order chi connectivity index (χ0) is 23.4. The number of nitrogens with one attached hydrogen (secondary N) is 2. The van der Waals surface area contributed by atoms with E-state index in [1.165, 1.54) is 7.11 Å². The second-order valence-electron chi connectivity index (χ2n) is 8.45. The molecule has 8 heteroatoms. The molecule has 1 unspecified atom stereocenters. The highest BCUT2D eigenvalue weighted by atomic mass is 16.5. The van der Waals surface area contributed by atoms with Crippen LogP contribution in [0.3, 0.4) is 0 Å². The highest BCUT2D eigenvalue weighted by Gasteiger charge is 2.43. The molecule has 0 saturated heterocycles. The Labute approximate surface area is 192 Å². The molecule has 0 aliphatic heterocycles. The van der Waals surface area contributed by atoms with Gasteiger partial charge in [-0.3, -0.25) is 9.59 Å². The molecule has 1 saturated carbocycles. The summed E-state index contributed by atoms with van der Waals surface area (Å²) >= 11 is 0. The number of carbonyl (C=O) groups is 3. The number of carbonyl (C=O) groups excluding carboxylic acids is 2. The number of benzene rings is 2. The van der Waals surface area contributed by atoms with Crippen molar-refractivity contribution in [3.8, 4) is 11.1 Å². The smallest absolute Gasteiger partial charge is 0.407 e. The van der Waals surface area contributed by atoms with E-state index in [1.54, 1.807) is 0 Å². The van der Waals surface area contributed by atoms with Crippen LogP contribution in [-0.2, 0) is 19.1 Å². The van der Waals surface area contributed by atoms with Crippen LogP contribution in [0.1, 0.15) is 29.9 Å². The van der Waals surface area contributed by atoms with Crippen molar-refractivity contribution in [2.24, 2.45) is 11.8 Å². The second-order valence-corrected chi connectivity index (χ2v) is 8.45. The van der Waals surface area contributed by atoms with Gasteiger partial charge in [-0.2, -0.15) is 0 Å². The lowest BCUT2D eigenvalue weighted by Gasteiger charge is -2.17. The molecule has 0 radical (unpaired) electrons. The fourth-order valence-electron chi connectivity index (χ4n) is 4.43. The monoisotopic (exact) mass is 452 g/mol. The van der Waals surface area contributed by atoms with Gasteiger partial charge in [0.15, 0.2) is 0 Å². The van der Waals surface area contributed by atoms with Crippen LogP contribution in [0.4, 0.5) is 4.79 Å². The molecule has 2 aliphatic rings. The molecule has 2 aromatic rings. The van der Waals surface area contributed by atoms with Crippen molar-refractivity contribution in [3.05, 3.63) is 59.7 Å². The summed E-state index contributed by atoms with van der Waals surface area (Å²) in [4.78, 5) is 35.4. The minimum Gasteiger partial charge on any atom is -0.481 e. The van der Waals surface area contributed by atoms with Gasteiger partial charge in [0.25, 0.3) is 0 Å². The van der Waals surface area contributed by atoms with Crippen LogP contribution < -0.4 is 10.6 Å². The van der Waals surface area contributed by atoms with Crippen LogP contribution in [0.15, 0.2) is 48.5 Å². The lowest BCUT2D eigenvalue weighted by atomic mass is 9.98. The maximum Gasteiger partial charge on any atom is 0.407 e. The summed E-state index contributed by atoms with van der Waals surface area (Å²) in [5.41, 5.74) is 4.61. The average Bonchev–Trinajstić information content (AvgIpc) is 3.54. The fourth-order valence-corrected chi connectivity index (χ4v) is 4.43. The van der Waals surface area contributed by atoms with Crippen molar-refractivity contribution in [1.29, 1.82) is 0 Å². The number of alkyl carbamates (subject to hydrolysis) is 1. The number of carboxylic acids is 1. The van der Waals surface area contributed by atoms with Gasteiger partial charge < -0.3 is 25.2 Å². The fraction of sp³-hybridized carbons (Fsp3) is 0.400. The Morgan fingerprint density at radius 3 is 2.24 bits per heavy atom. The van der Waals surface area contributed by atoms with E-state index in [0.29, 0.717) is 13.0 Å². The van der Waals surface area contributed by atoms with Crippen LogP contribution in [0.25, 0.3) is 11.1 Å². The van der Waals surface area contributed by atoms with E-state index in [9.17, 15) is 14.4 Å². The summed E-state index contributed by atoms with van der Waals surface area (Å²) < 4.78 is 10.7. The molecule has 0 spiro atoms. The number of fused-ring (bicyclic) bond motifs is 3. The van der Waals surface area contributed by atoms with Gasteiger partial charge in [0.1, 0.15) is 12.7 Å². The predicted molar refractivity (Wildman–Crippen MR) is 121 cm³/mol. The predicted octanol–water partition coefficient (Wildman–Crippen LogP) is 2.77. The summed E-state index contributed by atoms with van der Waals surface area (Å²) in [6, 6.07) is 16.3. The maximum atomic E-state index is 12.3. The molecule has 174 valence electrons. The second kappa shape index (κ2) is 10.0. The molecule has 8 nitrogen and oxygen atoms in total. The van der Waals surface area contributed by atoms with E-state index in [0.717, 1.165) is 22.3 Å². The molecular weight excluding hydrogens is 424 g/mol. The molecule has 3 atom stereocenters. The number of amides is 2. The molecule has 0 bridgehead atoms. The zero-order valence-corrected chi connectivity index (χ0v) is 18.5. The van der Waals surface area contributed by atoms with Gasteiger partial charge in [-0.05, 0) is 34.6 Å². The van der Waals surface area contributed by atoms with Gasteiger partial charge in [-0.25, -0.2) is 4.79 Å². The Hall–Kier alpha value is -3.39. The Balaban J connectivity index is 1.21. The number of aliphatic carboxylic acids is 1. The van der Waals surface area contributed by atoms with Crippen molar-refractivity contribution < 1.29 is 29.0 Å². The first kappa shape index (κ1) is 22.8. The number of hydrogen-bond acceptors (Lipinski definition) is 5. The molecule has 2 aromatic carbocycles. The minimum absolute atomic E-state index is 0.0160. The largest absolute Gasteiger partial charge is 0.481 e. The maximum absolute atomic E-state index is 12.3. The topological polar surface area (TPSA) is 114 Å². The van der Waals surface area contributed by atoms with Crippen molar-refractivity contribution in [2.75, 3.05) is 26.8 Å². The van der Waals surface area contributed by atoms with Gasteiger partial charge in [0.2, 0.25) is 5.91 Å². The molecule has 2 aliphatic carbocycles. The molecule has 0 aromatic heterocycles. The zero-order valence-electron chi connectivity index (χ0n) is 18.5. The van der Waals surface area contributed by atoms with Crippen molar-refractivity contribution in [3.63, 3.8) is 0 Å². The number of hydrogen-bond donors (Lipinski definition) is 3. The van der Waals surface area contributed by atoms with Gasteiger partial charge >= 0.3 is 12.1 Å². The number of carboxylic acid groups (broad SMARTS) is 1. The highest BCUT2D eigenvalue weighted by Crippen LogP contribution is 2.44. The third kappa shape index (κ3) is 5.17. The Bertz CT molecular complexity index is 994. The summed E-state index contributed by atoms with van der Waals surface area (Å²) in [5, 5.41) is 14.3. The van der Waals surface area contributed by atoms with E-state index in [-0.39, 0.29) is 43.2 Å². The van der Waals surface area contributed by atoms with Crippen LogP contribution in [0, 0.1) is 11.8 Å². The van der Waals surface area contributed by atoms with Gasteiger partial charge in [-0.15, -0.1) is 0 Å². The summed E-state index contributed by atoms with van der Waals surface area (Å²) in [6.07, 6.45) is -0.425. The van der Waals surface area contributed by atoms with E-state index in [2.05, 4.69) is 34.9 Å². The van der Waals surface area contributed by atoms with E-state index < -0.39 is 18.2 Å². The third-order valence-electron chi connectivity index (χ3n) is 6.37. The number of methoxy groups -OCH3 is 1. The van der Waals surface area contributed by atoms with Crippen molar-refractivity contribution in [1.82, 2.24) is 10.6 Å². The Kier molecular flexibility index (Phi) is 6.93. The van der Waals surface area contributed by atoms with E-state index in [4.69, 9.17) is 14.6 Å². The van der Waals surface area contributed by atoms with Gasteiger partial charge in [0, 0.05) is 32.5 Å². The average molecular weight is 453 g/mol. The quantitative estimate of drug-likeness (QED) is 0.511. The molecule has 0 heterocycles. The normalized spacial score (nSPS) is 19.2. The highest BCUT2D eigenvalue weighted by molar-refractivity contribution is 5.81. The van der Waals surface area contributed by atoms with Crippen LogP contribution in [0.2, 0.25) is 0 Å². The molecule has 4 rings (SSSR count). The van der Waals surface area contributed by atoms with Crippen molar-refractivity contribution >= 4 is 18.0 Å². The van der Waals surface area contributed by atoms with E-state index >= 15 is 0 Å². The molecule has 1 fully saturated rings. The summed E-state index contributed by atoms with van der Waals surface area (Å²) in [5.74, 6) is -1.56. The van der Waals surface area contributed by atoms with Crippen LogP contribution in [0.5, 0.6) is 0 Å². The molecule has 3 N–H and O–H groups in total. The molecule has 33 heavy (non-hydrogen) atoms. The third-order valence-corrected chi connectivity index (χ3v) is 6.37. The van der Waals surface area contributed by atoms with Crippen molar-refractivity contribution in [2.45, 2.75) is 24.9 Å². The lowest BCUT2D eigenvalue weighted by molar-refractivity contribution is -0.139. The standard InChI is InChI=1S/C25H28N2O6/c1-32-22(23(28)27-13-15-12-20(15)24(29)30)10-11-26-25(31)33-14-21-18-8-4-2-6-16(18)17-7-3-5-9-19(17)21/h2-9,15,20-22H,10-14H2,1H3,(H,26,31)(H,27,28)(H,29,30)/t15-,20-,22?/m1/s1. The van der Waals surface area contributed by atoms with Crippen LogP contribution >= 0.6 is 0 Å². The number of ether oxygens (including phenoxy) is 2. The van der Waals surface area contributed by atoms with E-state index in [1.807, 2.05) is 24.3 Å². The van der Waals surface area contributed by atoms with Gasteiger partial charge in [-0.1, -0.05) is 48.5 Å². The Morgan fingerprint density at radius 1 is 1.03 bits per heavy atom. The molecular formula is C25H28N2O6. The first-order chi connectivity index (χ1) is 16.0. The minimum atomic E-state index is -0.829. The first-order valence-corrected chi connectivity index (χ1v) is 11.1.